The van der Waals surface area contributed by atoms with E-state index in [-0.39, 0.29) is 23.1 Å². The lowest BCUT2D eigenvalue weighted by Crippen LogP contribution is -2.34. The Labute approximate surface area is 155 Å². The van der Waals surface area contributed by atoms with E-state index in [1.54, 1.807) is 6.07 Å². The molecule has 1 aromatic rings. The number of terminal acetylenes is 1. The van der Waals surface area contributed by atoms with E-state index < -0.39 is 23.5 Å². The van der Waals surface area contributed by atoms with Gasteiger partial charge in [0, 0.05) is 6.08 Å². The fourth-order valence-corrected chi connectivity index (χ4v) is 2.54. The molecule has 0 unspecified atom stereocenters. The normalized spacial score (nSPS) is 16.7. The Morgan fingerprint density at radius 3 is 2.77 bits per heavy atom. The van der Waals surface area contributed by atoms with Gasteiger partial charge in [0.2, 0.25) is 0 Å². The second-order valence-electron chi connectivity index (χ2n) is 5.27. The maximum Gasteiger partial charge on any atom is 0.329 e. The minimum Gasteiger partial charge on any atom is -0.493 e. The van der Waals surface area contributed by atoms with Gasteiger partial charge < -0.3 is 14.2 Å². The Morgan fingerprint density at radius 1 is 1.42 bits per heavy atom. The number of cyclic esters (lactones) is 1. The van der Waals surface area contributed by atoms with Gasteiger partial charge in [-0.05, 0) is 30.7 Å². The summed E-state index contributed by atoms with van der Waals surface area (Å²) in [6.07, 6.45) is 8.80. The topological polar surface area (TPSA) is 78.9 Å². The number of rotatable bonds is 6. The highest BCUT2D eigenvalue weighted by Gasteiger charge is 2.36. The van der Waals surface area contributed by atoms with Gasteiger partial charge in [0.25, 0.3) is 0 Å². The third-order valence-corrected chi connectivity index (χ3v) is 3.68. The van der Waals surface area contributed by atoms with Crippen LogP contribution < -0.4 is 9.47 Å². The summed E-state index contributed by atoms with van der Waals surface area (Å²) in [6, 6.07) is 3.11. The van der Waals surface area contributed by atoms with Crippen LogP contribution in [0.5, 0.6) is 11.5 Å². The molecule has 1 atom stereocenters. The van der Waals surface area contributed by atoms with E-state index in [9.17, 15) is 14.4 Å². The maximum atomic E-state index is 12.2. The summed E-state index contributed by atoms with van der Waals surface area (Å²) in [5.41, 5.74) is 0.511. The lowest BCUT2D eigenvalue weighted by Gasteiger charge is -2.15. The van der Waals surface area contributed by atoms with Crippen LogP contribution in [0, 0.1) is 18.3 Å². The first-order valence-corrected chi connectivity index (χ1v) is 7.84. The first-order valence-electron chi connectivity index (χ1n) is 7.47. The summed E-state index contributed by atoms with van der Waals surface area (Å²) in [7, 11) is 1.43. The molecule has 0 spiro atoms. The zero-order chi connectivity index (χ0) is 19.3. The van der Waals surface area contributed by atoms with E-state index in [2.05, 4.69) is 5.92 Å². The molecule has 0 radical (unpaired) electrons. The molecule has 0 saturated heterocycles. The van der Waals surface area contributed by atoms with Crippen LogP contribution in [-0.4, -0.2) is 31.3 Å². The van der Waals surface area contributed by atoms with Crippen molar-refractivity contribution in [3.63, 3.8) is 0 Å². The molecule has 0 amide bonds. The SMILES string of the molecule is C#CCOc1c(Cl)cc(/C=C\C(=O)[C@H]2C(=O)C=C(C)OC2=O)cc1OC. The molecule has 7 heteroatoms. The van der Waals surface area contributed by atoms with E-state index in [1.165, 1.54) is 26.2 Å². The average Bonchev–Trinajstić information content (AvgIpc) is 2.57. The van der Waals surface area contributed by atoms with Crippen LogP contribution in [-0.2, 0) is 19.1 Å². The highest BCUT2D eigenvalue weighted by molar-refractivity contribution is 6.32. The Kier molecular flexibility index (Phi) is 6.21. The quantitative estimate of drug-likeness (QED) is 0.329. The van der Waals surface area contributed by atoms with Gasteiger partial charge in [0.1, 0.15) is 12.4 Å². The van der Waals surface area contributed by atoms with Crippen LogP contribution in [0.1, 0.15) is 12.5 Å². The van der Waals surface area contributed by atoms with Crippen LogP contribution in [0.3, 0.4) is 0 Å². The summed E-state index contributed by atoms with van der Waals surface area (Å²) < 4.78 is 15.3. The van der Waals surface area contributed by atoms with Crippen molar-refractivity contribution in [1.82, 2.24) is 0 Å². The number of hydrogen-bond donors (Lipinski definition) is 0. The standard InChI is InChI=1S/C19H15ClO6/c1-4-7-25-18-13(20)9-12(10-16(18)24-3)5-6-14(21)17-15(22)8-11(2)26-19(17)23/h1,5-6,8-10,17H,7H2,2-3H3/b6-5-/t17-/m0/s1. The lowest BCUT2D eigenvalue weighted by molar-refractivity contribution is -0.151. The lowest BCUT2D eigenvalue weighted by atomic mass is 9.96. The van der Waals surface area contributed by atoms with Gasteiger partial charge in [-0.3, -0.25) is 14.4 Å². The Hall–Kier alpha value is -3.04. The molecule has 0 fully saturated rings. The Balaban J connectivity index is 2.24. The van der Waals surface area contributed by atoms with Crippen LogP contribution in [0.4, 0.5) is 0 Å². The number of carbonyl (C=O) groups is 3. The number of ether oxygens (including phenoxy) is 3. The van der Waals surface area contributed by atoms with Gasteiger partial charge in [-0.1, -0.05) is 23.6 Å². The Bertz CT molecular complexity index is 860. The van der Waals surface area contributed by atoms with E-state index in [0.29, 0.717) is 11.3 Å². The monoisotopic (exact) mass is 374 g/mol. The number of esters is 1. The first kappa shape index (κ1) is 19.3. The molecule has 134 valence electrons. The summed E-state index contributed by atoms with van der Waals surface area (Å²) in [5, 5.41) is 0.235. The molecule has 2 rings (SSSR count). The number of carbonyl (C=O) groups excluding carboxylic acids is 3. The number of methoxy groups -OCH3 is 1. The minimum atomic E-state index is -1.49. The van der Waals surface area contributed by atoms with Crippen molar-refractivity contribution in [3.8, 4) is 23.8 Å². The number of allylic oxidation sites excluding steroid dienone is 3. The van der Waals surface area contributed by atoms with Crippen LogP contribution >= 0.6 is 11.6 Å². The fourth-order valence-electron chi connectivity index (χ4n) is 2.27. The molecule has 6 nitrogen and oxygen atoms in total. The highest BCUT2D eigenvalue weighted by atomic mass is 35.5. The molecule has 0 saturated carbocycles. The zero-order valence-corrected chi connectivity index (χ0v) is 14.8. The molecule has 0 bridgehead atoms. The third-order valence-electron chi connectivity index (χ3n) is 3.40. The number of halogens is 1. The van der Waals surface area contributed by atoms with Crippen molar-refractivity contribution in [2.24, 2.45) is 5.92 Å². The van der Waals surface area contributed by atoms with Crippen LogP contribution in [0.25, 0.3) is 6.08 Å². The predicted octanol–water partition coefficient (Wildman–Crippen LogP) is 2.59. The van der Waals surface area contributed by atoms with Crippen LogP contribution in [0.2, 0.25) is 5.02 Å². The number of hydrogen-bond acceptors (Lipinski definition) is 6. The van der Waals surface area contributed by atoms with Gasteiger partial charge in [-0.25, -0.2) is 0 Å². The molecule has 1 aromatic carbocycles. The molecule has 26 heavy (non-hydrogen) atoms. The molecular weight excluding hydrogens is 360 g/mol. The van der Waals surface area contributed by atoms with E-state index in [1.807, 2.05) is 0 Å². The molecular formula is C19H15ClO6. The molecule has 1 heterocycles. The van der Waals surface area contributed by atoms with Crippen molar-refractivity contribution in [3.05, 3.63) is 40.6 Å². The second kappa shape index (κ2) is 8.37. The van der Waals surface area contributed by atoms with Gasteiger partial charge in [-0.2, -0.15) is 0 Å². The molecule has 0 aromatic heterocycles. The number of ketones is 2. The highest BCUT2D eigenvalue weighted by Crippen LogP contribution is 2.36. The van der Waals surface area contributed by atoms with E-state index in [0.717, 1.165) is 12.2 Å². The van der Waals surface area contributed by atoms with Gasteiger partial charge in [0.15, 0.2) is 29.0 Å². The molecule has 0 N–H and O–H groups in total. The van der Waals surface area contributed by atoms with Crippen molar-refractivity contribution in [1.29, 1.82) is 0 Å². The third kappa shape index (κ3) is 4.32. The van der Waals surface area contributed by atoms with Crippen LogP contribution in [0.15, 0.2) is 30.0 Å². The van der Waals surface area contributed by atoms with Crippen molar-refractivity contribution >= 4 is 35.2 Å². The summed E-state index contributed by atoms with van der Waals surface area (Å²) in [6.45, 7) is 1.48. The minimum absolute atomic E-state index is 0.0165. The summed E-state index contributed by atoms with van der Waals surface area (Å²) in [5.74, 6) is -0.597. The molecule has 1 aliphatic rings. The van der Waals surface area contributed by atoms with Gasteiger partial charge >= 0.3 is 5.97 Å². The van der Waals surface area contributed by atoms with E-state index >= 15 is 0 Å². The fraction of sp³-hybridized carbons (Fsp3) is 0.211. The summed E-state index contributed by atoms with van der Waals surface area (Å²) >= 11 is 6.15. The van der Waals surface area contributed by atoms with Gasteiger partial charge in [0.05, 0.1) is 12.1 Å². The maximum absolute atomic E-state index is 12.2. The first-order chi connectivity index (χ1) is 12.4. The second-order valence-corrected chi connectivity index (χ2v) is 5.68. The predicted molar refractivity (Wildman–Crippen MR) is 94.7 cm³/mol. The van der Waals surface area contributed by atoms with E-state index in [4.69, 9.17) is 32.2 Å². The van der Waals surface area contributed by atoms with Gasteiger partial charge in [-0.15, -0.1) is 6.42 Å². The summed E-state index contributed by atoms with van der Waals surface area (Å²) in [4.78, 5) is 35.8. The van der Waals surface area contributed by atoms with Crippen molar-refractivity contribution in [2.75, 3.05) is 13.7 Å². The van der Waals surface area contributed by atoms with Crippen molar-refractivity contribution in [2.45, 2.75) is 6.92 Å². The molecule has 0 aliphatic carbocycles. The Morgan fingerprint density at radius 2 is 2.15 bits per heavy atom. The molecule has 1 aliphatic heterocycles. The van der Waals surface area contributed by atoms with Crippen molar-refractivity contribution < 1.29 is 28.6 Å². The smallest absolute Gasteiger partial charge is 0.329 e. The average molecular weight is 375 g/mol. The number of benzene rings is 1. The largest absolute Gasteiger partial charge is 0.493 e. The zero-order valence-electron chi connectivity index (χ0n) is 14.1.